The molecule has 0 unspecified atom stereocenters. The second-order valence-corrected chi connectivity index (χ2v) is 17.2. The summed E-state index contributed by atoms with van der Waals surface area (Å²) < 4.78 is 5.34. The molecule has 0 amide bonds. The highest BCUT2D eigenvalue weighted by Gasteiger charge is 2.18. The molecule has 51 heavy (non-hydrogen) atoms. The lowest BCUT2D eigenvalue weighted by Gasteiger charge is -2.20. The van der Waals surface area contributed by atoms with Crippen LogP contribution in [-0.2, 0) is 0 Å². The SMILES string of the molecule is c1ccc(P(c2ccccc2)c2ccc(-c3cc(-c4cccc5c4sc4ccccc45)cc(-c4cccc5c4sc4ccccc45)c3)cc2)cc1. The first kappa shape index (κ1) is 30.5. The first-order valence-corrected chi connectivity index (χ1v) is 20.2. The molecule has 10 rings (SSSR count). The minimum absolute atomic E-state index is 0.670. The van der Waals surface area contributed by atoms with E-state index >= 15 is 0 Å². The average Bonchev–Trinajstić information content (AvgIpc) is 3.78. The summed E-state index contributed by atoms with van der Waals surface area (Å²) in [6.45, 7) is 0. The van der Waals surface area contributed by atoms with Crippen molar-refractivity contribution in [2.75, 3.05) is 0 Å². The fraction of sp³-hybridized carbons (Fsp3) is 0. The van der Waals surface area contributed by atoms with Crippen LogP contribution >= 0.6 is 30.6 Å². The third-order valence-corrected chi connectivity index (χ3v) is 14.7. The standard InChI is InChI=1S/C48H31PS2/c1-3-13-36(14-4-1)49(37-15-5-2-6-16-37)38-27-25-32(26-28-38)33-29-34(39-19-11-21-43-41-17-7-9-23-45(41)50-47(39)43)31-35(30-33)40-20-12-22-44-42-18-8-10-24-46(42)51-48(40)44/h1-31H. The van der Waals surface area contributed by atoms with Gasteiger partial charge >= 0.3 is 0 Å². The molecular formula is C48H31PS2. The minimum atomic E-state index is -0.670. The number of hydrogen-bond donors (Lipinski definition) is 0. The molecule has 0 saturated heterocycles. The van der Waals surface area contributed by atoms with Crippen LogP contribution in [0.3, 0.4) is 0 Å². The first-order chi connectivity index (χ1) is 25.3. The van der Waals surface area contributed by atoms with Gasteiger partial charge in [0.05, 0.1) is 0 Å². The Kier molecular flexibility index (Phi) is 7.61. The van der Waals surface area contributed by atoms with Crippen LogP contribution in [0.1, 0.15) is 0 Å². The van der Waals surface area contributed by atoms with Gasteiger partial charge in [0.2, 0.25) is 0 Å². The zero-order valence-electron chi connectivity index (χ0n) is 27.7. The normalized spacial score (nSPS) is 11.7. The van der Waals surface area contributed by atoms with Crippen molar-refractivity contribution in [2.24, 2.45) is 0 Å². The van der Waals surface area contributed by atoms with E-state index in [2.05, 4.69) is 188 Å². The second kappa shape index (κ2) is 12.7. The van der Waals surface area contributed by atoms with Gasteiger partial charge in [0.15, 0.2) is 0 Å². The summed E-state index contributed by atoms with van der Waals surface area (Å²) in [4.78, 5) is 0. The van der Waals surface area contributed by atoms with E-state index in [0.717, 1.165) is 0 Å². The van der Waals surface area contributed by atoms with Crippen molar-refractivity contribution in [2.45, 2.75) is 0 Å². The Hall–Kier alpha value is -5.37. The Morgan fingerprint density at radius 3 is 1.22 bits per heavy atom. The molecule has 0 aliphatic carbocycles. The second-order valence-electron chi connectivity index (χ2n) is 12.9. The monoisotopic (exact) mass is 702 g/mol. The first-order valence-electron chi connectivity index (χ1n) is 17.3. The summed E-state index contributed by atoms with van der Waals surface area (Å²) >= 11 is 3.79. The molecule has 0 radical (unpaired) electrons. The molecule has 0 aliphatic heterocycles. The van der Waals surface area contributed by atoms with Crippen molar-refractivity contribution in [3.63, 3.8) is 0 Å². The molecule has 0 atom stereocenters. The van der Waals surface area contributed by atoms with Crippen molar-refractivity contribution >= 4 is 86.9 Å². The number of hydrogen-bond acceptors (Lipinski definition) is 2. The van der Waals surface area contributed by atoms with E-state index in [0.29, 0.717) is 0 Å². The van der Waals surface area contributed by atoms with Gasteiger partial charge in [-0.3, -0.25) is 0 Å². The van der Waals surface area contributed by atoms with Crippen LogP contribution in [0.5, 0.6) is 0 Å². The predicted octanol–water partition coefficient (Wildman–Crippen LogP) is 13.2. The van der Waals surface area contributed by atoms with Crippen LogP contribution in [0.4, 0.5) is 0 Å². The lowest BCUT2D eigenvalue weighted by Crippen LogP contribution is -2.20. The Balaban J connectivity index is 1.16. The van der Waals surface area contributed by atoms with Gasteiger partial charge in [-0.1, -0.05) is 158 Å². The van der Waals surface area contributed by atoms with Gasteiger partial charge in [0.1, 0.15) is 0 Å². The molecule has 0 spiro atoms. The maximum Gasteiger partial charge on any atom is 0.0433 e. The molecule has 2 aromatic heterocycles. The number of thiophene rings is 2. The van der Waals surface area contributed by atoms with Crippen LogP contribution in [0, 0.1) is 0 Å². The summed E-state index contributed by atoms with van der Waals surface area (Å²) in [5.74, 6) is 0. The number of benzene rings is 8. The van der Waals surface area contributed by atoms with E-state index in [1.54, 1.807) is 0 Å². The third kappa shape index (κ3) is 5.39. The maximum atomic E-state index is 2.42. The lowest BCUT2D eigenvalue weighted by atomic mass is 9.92. The minimum Gasteiger partial charge on any atom is -0.135 e. The van der Waals surface area contributed by atoms with Crippen LogP contribution in [-0.4, -0.2) is 0 Å². The number of rotatable bonds is 6. The summed E-state index contributed by atoms with van der Waals surface area (Å²) in [7, 11) is -0.670. The van der Waals surface area contributed by atoms with Crippen LogP contribution in [0.25, 0.3) is 73.7 Å². The maximum absolute atomic E-state index is 2.42. The van der Waals surface area contributed by atoms with Crippen LogP contribution < -0.4 is 15.9 Å². The Morgan fingerprint density at radius 2 is 0.706 bits per heavy atom. The summed E-state index contributed by atoms with van der Waals surface area (Å²) in [5.41, 5.74) is 7.52. The highest BCUT2D eigenvalue weighted by Crippen LogP contribution is 2.45. The molecule has 0 saturated carbocycles. The zero-order chi connectivity index (χ0) is 33.7. The summed E-state index contributed by atoms with van der Waals surface area (Å²) in [6, 6.07) is 69.7. The molecular weight excluding hydrogens is 672 g/mol. The molecule has 0 aliphatic rings. The van der Waals surface area contributed by atoms with Gasteiger partial charge < -0.3 is 0 Å². The molecule has 8 aromatic carbocycles. The Morgan fingerprint density at radius 1 is 0.294 bits per heavy atom. The molecule has 2 heterocycles. The van der Waals surface area contributed by atoms with E-state index in [9.17, 15) is 0 Å². The van der Waals surface area contributed by atoms with Gasteiger partial charge in [0.25, 0.3) is 0 Å². The van der Waals surface area contributed by atoms with E-state index in [1.165, 1.54) is 89.6 Å². The van der Waals surface area contributed by atoms with Gasteiger partial charge in [-0.05, 0) is 87.5 Å². The smallest absolute Gasteiger partial charge is 0.0433 e. The zero-order valence-corrected chi connectivity index (χ0v) is 30.2. The van der Waals surface area contributed by atoms with Crippen molar-refractivity contribution in [1.29, 1.82) is 0 Å². The molecule has 0 bridgehead atoms. The van der Waals surface area contributed by atoms with E-state index in [4.69, 9.17) is 0 Å². The molecule has 240 valence electrons. The van der Waals surface area contributed by atoms with Gasteiger partial charge in [-0.2, -0.15) is 0 Å². The molecule has 10 aromatic rings. The largest absolute Gasteiger partial charge is 0.135 e. The topological polar surface area (TPSA) is 0 Å². The van der Waals surface area contributed by atoms with Crippen molar-refractivity contribution in [1.82, 2.24) is 0 Å². The van der Waals surface area contributed by atoms with Crippen molar-refractivity contribution in [3.05, 3.63) is 188 Å². The predicted molar refractivity (Wildman–Crippen MR) is 227 cm³/mol. The summed E-state index contributed by atoms with van der Waals surface area (Å²) in [6.07, 6.45) is 0. The van der Waals surface area contributed by atoms with Gasteiger partial charge in [-0.15, -0.1) is 22.7 Å². The fourth-order valence-corrected chi connectivity index (χ4v) is 12.2. The highest BCUT2D eigenvalue weighted by molar-refractivity contribution is 7.79. The van der Waals surface area contributed by atoms with E-state index in [1.807, 2.05) is 22.7 Å². The van der Waals surface area contributed by atoms with Gasteiger partial charge in [-0.25, -0.2) is 0 Å². The fourth-order valence-electron chi connectivity index (χ4n) is 7.46. The Bertz CT molecular complexity index is 2680. The summed E-state index contributed by atoms with van der Waals surface area (Å²) in [5, 5.41) is 9.39. The van der Waals surface area contributed by atoms with E-state index < -0.39 is 7.92 Å². The quantitative estimate of drug-likeness (QED) is 0.151. The molecule has 3 heteroatoms. The molecule has 0 N–H and O–H groups in total. The van der Waals surface area contributed by atoms with Crippen LogP contribution in [0.2, 0.25) is 0 Å². The third-order valence-electron chi connectivity index (χ3n) is 9.85. The van der Waals surface area contributed by atoms with Crippen LogP contribution in [0.15, 0.2) is 188 Å². The lowest BCUT2D eigenvalue weighted by molar-refractivity contribution is 1.61. The molecule has 0 nitrogen and oxygen atoms in total. The highest BCUT2D eigenvalue weighted by atomic mass is 32.1. The van der Waals surface area contributed by atoms with Crippen molar-refractivity contribution < 1.29 is 0 Å². The van der Waals surface area contributed by atoms with Crippen molar-refractivity contribution in [3.8, 4) is 33.4 Å². The number of fused-ring (bicyclic) bond motifs is 6. The Labute approximate surface area is 306 Å². The van der Waals surface area contributed by atoms with Gasteiger partial charge in [0, 0.05) is 40.3 Å². The van der Waals surface area contributed by atoms with E-state index in [-0.39, 0.29) is 0 Å². The molecule has 0 fully saturated rings. The average molecular weight is 703 g/mol.